The minimum atomic E-state index is 1.00. The zero-order chi connectivity index (χ0) is 16.8. The molecule has 0 aromatic heterocycles. The third-order valence-corrected chi connectivity index (χ3v) is 4.26. The van der Waals surface area contributed by atoms with Gasteiger partial charge in [-0.25, -0.2) is 0 Å². The minimum Gasteiger partial charge on any atom is -0.391 e. The van der Waals surface area contributed by atoms with Crippen molar-refractivity contribution in [2.24, 2.45) is 0 Å². The van der Waals surface area contributed by atoms with Crippen LogP contribution in [0.3, 0.4) is 0 Å². The lowest BCUT2D eigenvalue weighted by molar-refractivity contribution is 0.974. The van der Waals surface area contributed by atoms with Crippen LogP contribution in [0.25, 0.3) is 5.57 Å². The maximum atomic E-state index is 4.28. The number of hydrogen-bond donors (Lipinski definition) is 1. The van der Waals surface area contributed by atoms with E-state index in [9.17, 15) is 0 Å². The molecule has 1 heteroatoms. The van der Waals surface area contributed by atoms with Crippen molar-refractivity contribution in [1.29, 1.82) is 0 Å². The first kappa shape index (κ1) is 17.1. The van der Waals surface area contributed by atoms with Gasteiger partial charge < -0.3 is 5.32 Å². The second-order valence-electron chi connectivity index (χ2n) is 6.14. The van der Waals surface area contributed by atoms with Gasteiger partial charge in [0.2, 0.25) is 0 Å². The molecular weight excluding hydrogens is 278 g/mol. The molecular formula is C22H27N. The molecule has 0 heterocycles. The van der Waals surface area contributed by atoms with Crippen LogP contribution in [0.5, 0.6) is 0 Å². The fourth-order valence-corrected chi connectivity index (χ4v) is 2.93. The van der Waals surface area contributed by atoms with Crippen molar-refractivity contribution >= 4 is 5.57 Å². The first-order chi connectivity index (χ1) is 11.0. The van der Waals surface area contributed by atoms with E-state index in [0.29, 0.717) is 0 Å². The van der Waals surface area contributed by atoms with Gasteiger partial charge in [-0.2, -0.15) is 0 Å². The summed E-state index contributed by atoms with van der Waals surface area (Å²) >= 11 is 0. The standard InChI is InChI=1S/C22H27N/c1-16(2)22(18(4)23-5)17(3)21-13-11-20(12-14-21)15-19-9-7-6-8-10-19/h7,9-14,23H,1,3,6,8,15H2,2,4-5H3/b22-18-. The second kappa shape index (κ2) is 7.82. The van der Waals surface area contributed by atoms with Gasteiger partial charge in [0.15, 0.2) is 0 Å². The monoisotopic (exact) mass is 305 g/mol. The summed E-state index contributed by atoms with van der Waals surface area (Å²) in [6.07, 6.45) is 10.2. The van der Waals surface area contributed by atoms with Crippen molar-refractivity contribution in [3.63, 3.8) is 0 Å². The van der Waals surface area contributed by atoms with Crippen LogP contribution < -0.4 is 5.32 Å². The molecule has 1 aliphatic rings. The molecule has 1 nitrogen and oxygen atoms in total. The highest BCUT2D eigenvalue weighted by atomic mass is 14.8. The summed E-state index contributed by atoms with van der Waals surface area (Å²) in [5.41, 5.74) is 8.16. The maximum Gasteiger partial charge on any atom is 0.0154 e. The Morgan fingerprint density at radius 1 is 1.09 bits per heavy atom. The molecule has 0 atom stereocenters. The van der Waals surface area contributed by atoms with Gasteiger partial charge in [0, 0.05) is 18.3 Å². The molecule has 120 valence electrons. The third-order valence-electron chi connectivity index (χ3n) is 4.26. The smallest absolute Gasteiger partial charge is 0.0154 e. The lowest BCUT2D eigenvalue weighted by Crippen LogP contribution is -2.07. The van der Waals surface area contributed by atoms with Crippen LogP contribution in [0.4, 0.5) is 0 Å². The predicted octanol–water partition coefficient (Wildman–Crippen LogP) is 5.59. The molecule has 23 heavy (non-hydrogen) atoms. The maximum absolute atomic E-state index is 4.28. The SMILES string of the molecule is C=C(C)/C(C(=C)c1ccc(CC2=CCCC=C2)cc1)=C(\C)NC. The largest absolute Gasteiger partial charge is 0.391 e. The first-order valence-electron chi connectivity index (χ1n) is 8.21. The fourth-order valence-electron chi connectivity index (χ4n) is 2.93. The van der Waals surface area contributed by atoms with E-state index in [0.717, 1.165) is 40.8 Å². The Labute approximate surface area is 140 Å². The number of hydrogen-bond acceptors (Lipinski definition) is 1. The van der Waals surface area contributed by atoms with E-state index in [-0.39, 0.29) is 0 Å². The van der Waals surface area contributed by atoms with Crippen LogP contribution in [-0.2, 0) is 6.42 Å². The van der Waals surface area contributed by atoms with Gasteiger partial charge in [-0.1, -0.05) is 55.7 Å². The van der Waals surface area contributed by atoms with Crippen LogP contribution in [0.2, 0.25) is 0 Å². The summed E-state index contributed by atoms with van der Waals surface area (Å²) in [7, 11) is 1.93. The second-order valence-corrected chi connectivity index (χ2v) is 6.14. The molecule has 0 radical (unpaired) electrons. The van der Waals surface area contributed by atoms with Crippen LogP contribution in [0.1, 0.15) is 37.8 Å². The van der Waals surface area contributed by atoms with E-state index in [2.05, 4.69) is 67.9 Å². The van der Waals surface area contributed by atoms with Gasteiger partial charge in [-0.3, -0.25) is 0 Å². The van der Waals surface area contributed by atoms with Crippen molar-refractivity contribution in [1.82, 2.24) is 5.32 Å². The molecule has 1 aliphatic carbocycles. The Balaban J connectivity index is 2.18. The van der Waals surface area contributed by atoms with Crippen LogP contribution in [0.15, 0.2) is 78.1 Å². The molecule has 0 aliphatic heterocycles. The predicted molar refractivity (Wildman–Crippen MR) is 102 cm³/mol. The highest BCUT2D eigenvalue weighted by Crippen LogP contribution is 2.28. The molecule has 0 saturated carbocycles. The number of rotatable bonds is 6. The average molecular weight is 305 g/mol. The van der Waals surface area contributed by atoms with Gasteiger partial charge in [-0.05, 0) is 61.0 Å². The van der Waals surface area contributed by atoms with E-state index < -0.39 is 0 Å². The van der Waals surface area contributed by atoms with Gasteiger partial charge >= 0.3 is 0 Å². The molecule has 1 aromatic carbocycles. The lowest BCUT2D eigenvalue weighted by atomic mass is 9.92. The number of benzene rings is 1. The highest BCUT2D eigenvalue weighted by molar-refractivity contribution is 5.82. The Kier molecular flexibility index (Phi) is 5.81. The Morgan fingerprint density at radius 2 is 1.78 bits per heavy atom. The van der Waals surface area contributed by atoms with Crippen molar-refractivity contribution in [3.05, 3.63) is 89.2 Å². The normalized spacial score (nSPS) is 14.8. The summed E-state index contributed by atoms with van der Waals surface area (Å²) in [6.45, 7) is 12.5. The van der Waals surface area contributed by atoms with E-state index in [1.807, 2.05) is 14.0 Å². The fraction of sp³-hybridized carbons (Fsp3) is 0.273. The summed E-state index contributed by atoms with van der Waals surface area (Å²) in [4.78, 5) is 0. The molecule has 0 spiro atoms. The first-order valence-corrected chi connectivity index (χ1v) is 8.21. The Bertz CT molecular complexity index is 681. The van der Waals surface area contributed by atoms with Crippen molar-refractivity contribution in [3.8, 4) is 0 Å². The molecule has 0 amide bonds. The van der Waals surface area contributed by atoms with Crippen molar-refractivity contribution in [2.75, 3.05) is 7.05 Å². The van der Waals surface area contributed by atoms with Crippen LogP contribution in [0, 0.1) is 0 Å². The van der Waals surface area contributed by atoms with Crippen LogP contribution in [-0.4, -0.2) is 7.05 Å². The van der Waals surface area contributed by atoms with E-state index in [4.69, 9.17) is 0 Å². The van der Waals surface area contributed by atoms with Crippen molar-refractivity contribution in [2.45, 2.75) is 33.1 Å². The number of nitrogens with one attached hydrogen (secondary N) is 1. The molecule has 0 unspecified atom stereocenters. The van der Waals surface area contributed by atoms with Crippen molar-refractivity contribution < 1.29 is 0 Å². The highest BCUT2D eigenvalue weighted by Gasteiger charge is 2.10. The zero-order valence-corrected chi connectivity index (χ0v) is 14.6. The van der Waals surface area contributed by atoms with E-state index >= 15 is 0 Å². The van der Waals surface area contributed by atoms with Gasteiger partial charge in [0.1, 0.15) is 0 Å². The summed E-state index contributed by atoms with van der Waals surface area (Å²) in [5, 5.41) is 3.21. The Morgan fingerprint density at radius 3 is 2.30 bits per heavy atom. The third kappa shape index (κ3) is 4.35. The molecule has 0 fully saturated rings. The van der Waals surface area contributed by atoms with E-state index in [1.165, 1.54) is 17.6 Å². The van der Waals surface area contributed by atoms with Gasteiger partial charge in [-0.15, -0.1) is 0 Å². The molecule has 1 N–H and O–H groups in total. The molecule has 2 rings (SSSR count). The minimum absolute atomic E-state index is 1.00. The number of allylic oxidation sites excluding steroid dienone is 8. The quantitative estimate of drug-likeness (QED) is 0.676. The lowest BCUT2D eigenvalue weighted by Gasteiger charge is -2.16. The molecule has 0 saturated heterocycles. The summed E-state index contributed by atoms with van der Waals surface area (Å²) < 4.78 is 0. The topological polar surface area (TPSA) is 12.0 Å². The average Bonchev–Trinajstić information content (AvgIpc) is 2.56. The van der Waals surface area contributed by atoms with Crippen LogP contribution >= 0.6 is 0 Å². The van der Waals surface area contributed by atoms with Gasteiger partial charge in [0.25, 0.3) is 0 Å². The van der Waals surface area contributed by atoms with E-state index in [1.54, 1.807) is 0 Å². The zero-order valence-electron chi connectivity index (χ0n) is 14.6. The summed E-state index contributed by atoms with van der Waals surface area (Å²) in [5.74, 6) is 0. The van der Waals surface area contributed by atoms with Gasteiger partial charge in [0.05, 0.1) is 0 Å². The Hall–Kier alpha value is -2.28. The summed E-state index contributed by atoms with van der Waals surface area (Å²) in [6, 6.07) is 8.73. The molecule has 0 bridgehead atoms. The molecule has 1 aromatic rings.